The summed E-state index contributed by atoms with van der Waals surface area (Å²) in [5.74, 6) is 1.16. The summed E-state index contributed by atoms with van der Waals surface area (Å²) in [5.41, 5.74) is 1.81. The van der Waals surface area contributed by atoms with Crippen molar-refractivity contribution in [1.82, 2.24) is 9.62 Å². The molecule has 1 N–H and O–H groups in total. The molecular weight excluding hydrogens is 392 g/mol. The molecule has 0 saturated carbocycles. The lowest BCUT2D eigenvalue weighted by Gasteiger charge is -2.16. The highest BCUT2D eigenvalue weighted by Crippen LogP contribution is 2.29. The van der Waals surface area contributed by atoms with E-state index in [-0.39, 0.29) is 16.8 Å². The number of benzene rings is 2. The maximum Gasteiger partial charge on any atom is 0.242 e. The molecule has 158 valence electrons. The predicted octanol–water partition coefficient (Wildman–Crippen LogP) is 2.76. The Labute approximate surface area is 172 Å². The Kier molecular flexibility index (Phi) is 7.64. The molecule has 0 bridgehead atoms. The Morgan fingerprint density at radius 3 is 2.21 bits per heavy atom. The minimum absolute atomic E-state index is 0.0859. The minimum atomic E-state index is -3.45. The van der Waals surface area contributed by atoms with Crippen LogP contribution in [0.25, 0.3) is 0 Å². The number of amides is 1. The number of nitrogens with zero attached hydrogens (tertiary/aromatic N) is 1. The van der Waals surface area contributed by atoms with Crippen molar-refractivity contribution in [2.24, 2.45) is 0 Å². The summed E-state index contributed by atoms with van der Waals surface area (Å²) < 4.78 is 35.9. The quantitative estimate of drug-likeness (QED) is 0.674. The van der Waals surface area contributed by atoms with Crippen molar-refractivity contribution in [3.05, 3.63) is 53.6 Å². The third-order valence-corrected chi connectivity index (χ3v) is 6.46. The Morgan fingerprint density at radius 2 is 1.66 bits per heavy atom. The van der Waals surface area contributed by atoms with E-state index in [9.17, 15) is 13.2 Å². The summed E-state index contributed by atoms with van der Waals surface area (Å²) in [7, 11) is 2.68. The average Bonchev–Trinajstić information content (AvgIpc) is 2.71. The third-order valence-electron chi connectivity index (χ3n) is 4.63. The van der Waals surface area contributed by atoms with Gasteiger partial charge in [0.2, 0.25) is 15.9 Å². The van der Waals surface area contributed by atoms with Crippen molar-refractivity contribution in [2.45, 2.75) is 30.7 Å². The van der Waals surface area contributed by atoms with E-state index in [0.29, 0.717) is 24.3 Å². The number of aryl methyl sites for hydroxylation is 1. The van der Waals surface area contributed by atoms with Crippen molar-refractivity contribution >= 4 is 15.9 Å². The van der Waals surface area contributed by atoms with Gasteiger partial charge in [-0.1, -0.05) is 18.2 Å². The molecule has 7 nitrogen and oxygen atoms in total. The van der Waals surface area contributed by atoms with Crippen LogP contribution in [0.5, 0.6) is 11.5 Å². The molecule has 0 radical (unpaired) electrons. The van der Waals surface area contributed by atoms with Gasteiger partial charge in [0, 0.05) is 20.5 Å². The lowest BCUT2D eigenvalue weighted by Crippen LogP contribution is -2.26. The van der Waals surface area contributed by atoms with Gasteiger partial charge in [0.1, 0.15) is 0 Å². The van der Waals surface area contributed by atoms with E-state index >= 15 is 0 Å². The SMILES string of the molecule is COc1ccc(C(C)NC(=O)CCc2ccc(S(=O)(=O)N(C)C)cc2)cc1OC. The zero-order valence-corrected chi connectivity index (χ0v) is 18.2. The molecule has 8 heteroatoms. The molecule has 0 heterocycles. The van der Waals surface area contributed by atoms with Crippen LogP contribution in [0.3, 0.4) is 0 Å². The van der Waals surface area contributed by atoms with Gasteiger partial charge in [0.15, 0.2) is 11.5 Å². The number of carbonyl (C=O) groups is 1. The standard InChI is InChI=1S/C21H28N2O5S/c1-15(17-9-12-19(27-4)20(14-17)28-5)22-21(24)13-8-16-6-10-18(11-7-16)29(25,26)23(2)3/h6-7,9-12,14-15H,8,13H2,1-5H3,(H,22,24). The smallest absolute Gasteiger partial charge is 0.242 e. The minimum Gasteiger partial charge on any atom is -0.493 e. The molecule has 29 heavy (non-hydrogen) atoms. The normalized spacial score (nSPS) is 12.5. The summed E-state index contributed by atoms with van der Waals surface area (Å²) in [5, 5.41) is 2.97. The summed E-state index contributed by atoms with van der Waals surface area (Å²) in [6, 6.07) is 12.0. The summed E-state index contributed by atoms with van der Waals surface area (Å²) >= 11 is 0. The molecule has 0 aliphatic rings. The Morgan fingerprint density at radius 1 is 1.03 bits per heavy atom. The first kappa shape index (κ1) is 22.7. The van der Waals surface area contributed by atoms with Crippen molar-refractivity contribution < 1.29 is 22.7 Å². The zero-order chi connectivity index (χ0) is 21.6. The maximum atomic E-state index is 12.3. The lowest BCUT2D eigenvalue weighted by atomic mass is 10.1. The van der Waals surface area contributed by atoms with Crippen LogP contribution in [0.4, 0.5) is 0 Å². The van der Waals surface area contributed by atoms with Gasteiger partial charge in [-0.15, -0.1) is 0 Å². The fraction of sp³-hybridized carbons (Fsp3) is 0.381. The summed E-state index contributed by atoms with van der Waals surface area (Å²) in [6.45, 7) is 1.90. The second kappa shape index (κ2) is 9.76. The van der Waals surface area contributed by atoms with Crippen LogP contribution in [0, 0.1) is 0 Å². The van der Waals surface area contributed by atoms with E-state index in [2.05, 4.69) is 5.32 Å². The van der Waals surface area contributed by atoms with E-state index < -0.39 is 10.0 Å². The van der Waals surface area contributed by atoms with Crippen LogP contribution >= 0.6 is 0 Å². The lowest BCUT2D eigenvalue weighted by molar-refractivity contribution is -0.121. The van der Waals surface area contributed by atoms with Crippen LogP contribution in [0.1, 0.15) is 30.5 Å². The van der Waals surface area contributed by atoms with Gasteiger partial charge in [-0.3, -0.25) is 4.79 Å². The largest absolute Gasteiger partial charge is 0.493 e. The fourth-order valence-corrected chi connectivity index (χ4v) is 3.72. The number of carbonyl (C=O) groups excluding carboxylic acids is 1. The second-order valence-corrected chi connectivity index (χ2v) is 8.99. The number of sulfonamides is 1. The average molecular weight is 421 g/mol. The number of methoxy groups -OCH3 is 2. The van der Waals surface area contributed by atoms with E-state index in [1.165, 1.54) is 18.4 Å². The highest BCUT2D eigenvalue weighted by molar-refractivity contribution is 7.89. The van der Waals surface area contributed by atoms with E-state index in [1.807, 2.05) is 19.1 Å². The van der Waals surface area contributed by atoms with Crippen LogP contribution < -0.4 is 14.8 Å². The van der Waals surface area contributed by atoms with Crippen LogP contribution in [0.2, 0.25) is 0 Å². The van der Waals surface area contributed by atoms with Crippen molar-refractivity contribution in [2.75, 3.05) is 28.3 Å². The molecule has 0 spiro atoms. The van der Waals surface area contributed by atoms with Crippen LogP contribution in [0.15, 0.2) is 47.4 Å². The van der Waals surface area contributed by atoms with Crippen LogP contribution in [-0.2, 0) is 21.2 Å². The summed E-state index contributed by atoms with van der Waals surface area (Å²) in [6.07, 6.45) is 0.824. The molecule has 1 atom stereocenters. The molecule has 1 amide bonds. The Balaban J connectivity index is 1.94. The monoisotopic (exact) mass is 420 g/mol. The van der Waals surface area contributed by atoms with Crippen molar-refractivity contribution in [1.29, 1.82) is 0 Å². The molecule has 0 aliphatic heterocycles. The molecule has 0 fully saturated rings. The highest BCUT2D eigenvalue weighted by Gasteiger charge is 2.17. The number of hydrogen-bond acceptors (Lipinski definition) is 5. The number of ether oxygens (including phenoxy) is 2. The topological polar surface area (TPSA) is 84.9 Å². The van der Waals surface area contributed by atoms with E-state index in [1.54, 1.807) is 44.6 Å². The molecular formula is C21H28N2O5S. The van der Waals surface area contributed by atoms with Crippen molar-refractivity contribution in [3.8, 4) is 11.5 Å². The Hall–Kier alpha value is -2.58. The molecule has 0 aliphatic carbocycles. The van der Waals surface area contributed by atoms with Gasteiger partial charge in [0.25, 0.3) is 0 Å². The number of rotatable bonds is 9. The molecule has 2 aromatic rings. The molecule has 2 rings (SSSR count). The van der Waals surface area contributed by atoms with Gasteiger partial charge < -0.3 is 14.8 Å². The van der Waals surface area contributed by atoms with Gasteiger partial charge in [-0.2, -0.15) is 0 Å². The van der Waals surface area contributed by atoms with Crippen molar-refractivity contribution in [3.63, 3.8) is 0 Å². The second-order valence-electron chi connectivity index (χ2n) is 6.84. The highest BCUT2D eigenvalue weighted by atomic mass is 32.2. The predicted molar refractivity (Wildman–Crippen MR) is 112 cm³/mol. The number of nitrogens with one attached hydrogen (secondary N) is 1. The van der Waals surface area contributed by atoms with Gasteiger partial charge in [0.05, 0.1) is 25.2 Å². The molecule has 0 aromatic heterocycles. The fourth-order valence-electron chi connectivity index (χ4n) is 2.82. The maximum absolute atomic E-state index is 12.3. The van der Waals surface area contributed by atoms with Gasteiger partial charge in [-0.25, -0.2) is 12.7 Å². The first-order valence-corrected chi connectivity index (χ1v) is 10.7. The van der Waals surface area contributed by atoms with Gasteiger partial charge >= 0.3 is 0 Å². The first-order valence-electron chi connectivity index (χ1n) is 9.21. The van der Waals surface area contributed by atoms with Gasteiger partial charge in [-0.05, 0) is 48.7 Å². The molecule has 0 saturated heterocycles. The Bertz CT molecular complexity index is 940. The molecule has 1 unspecified atom stereocenters. The zero-order valence-electron chi connectivity index (χ0n) is 17.4. The first-order chi connectivity index (χ1) is 13.7. The third kappa shape index (κ3) is 5.71. The van der Waals surface area contributed by atoms with Crippen LogP contribution in [-0.4, -0.2) is 46.9 Å². The summed E-state index contributed by atoms with van der Waals surface area (Å²) in [4.78, 5) is 12.6. The van der Waals surface area contributed by atoms with E-state index in [0.717, 1.165) is 11.1 Å². The number of hydrogen-bond donors (Lipinski definition) is 1. The van der Waals surface area contributed by atoms with E-state index in [4.69, 9.17) is 9.47 Å². The molecule has 2 aromatic carbocycles.